The van der Waals surface area contributed by atoms with E-state index in [-0.39, 0.29) is 0 Å². The van der Waals surface area contributed by atoms with Gasteiger partial charge in [0.1, 0.15) is 5.82 Å². The van der Waals surface area contributed by atoms with Crippen molar-refractivity contribution < 1.29 is 0 Å². The van der Waals surface area contributed by atoms with Gasteiger partial charge in [0.05, 0.1) is 0 Å². The van der Waals surface area contributed by atoms with Crippen molar-refractivity contribution in [2.75, 3.05) is 17.2 Å². The Balaban J connectivity index is 2.13. The maximum atomic E-state index is 4.56. The summed E-state index contributed by atoms with van der Waals surface area (Å²) in [4.78, 5) is 9.01. The molecule has 0 aliphatic heterocycles. The van der Waals surface area contributed by atoms with Crippen molar-refractivity contribution in [3.63, 3.8) is 0 Å². The van der Waals surface area contributed by atoms with E-state index in [1.807, 2.05) is 13.0 Å². The number of hydrogen-bond acceptors (Lipinski definition) is 4. The molecule has 0 bridgehead atoms. The Hall–Kier alpha value is -2.10. The van der Waals surface area contributed by atoms with Gasteiger partial charge in [0, 0.05) is 24.0 Å². The number of hydrogen-bond donors (Lipinski definition) is 2. The molecule has 0 radical (unpaired) electrons. The maximum absolute atomic E-state index is 4.56. The topological polar surface area (TPSA) is 49.8 Å². The van der Waals surface area contributed by atoms with Crippen LogP contribution in [0.2, 0.25) is 0 Å². The molecule has 0 saturated carbocycles. The molecule has 4 heteroatoms. The molecule has 22 heavy (non-hydrogen) atoms. The van der Waals surface area contributed by atoms with Crippen LogP contribution >= 0.6 is 0 Å². The molecule has 2 rings (SSSR count). The minimum absolute atomic E-state index is 0.671. The zero-order valence-electron chi connectivity index (χ0n) is 14.2. The van der Waals surface area contributed by atoms with Crippen molar-refractivity contribution in [3.05, 3.63) is 41.1 Å². The van der Waals surface area contributed by atoms with Gasteiger partial charge in [-0.25, -0.2) is 4.98 Å². The standard InChI is InChI=1S/C18H26N4/c1-12(2)8-9-19-18-20-15(5)11-17(22-18)21-16-10-13(3)6-7-14(16)4/h6-7,10-12H,8-9H2,1-5H3,(H2,19,20,21,22). The molecule has 2 aromatic rings. The Kier molecular flexibility index (Phi) is 5.36. The predicted octanol–water partition coefficient (Wildman–Crippen LogP) is 4.60. The van der Waals surface area contributed by atoms with Gasteiger partial charge in [-0.05, 0) is 50.3 Å². The first-order valence-corrected chi connectivity index (χ1v) is 7.88. The lowest BCUT2D eigenvalue weighted by molar-refractivity contribution is 0.606. The third-order valence-electron chi connectivity index (χ3n) is 3.51. The summed E-state index contributed by atoms with van der Waals surface area (Å²) < 4.78 is 0. The molecule has 0 saturated heterocycles. The van der Waals surface area contributed by atoms with Crippen molar-refractivity contribution in [2.45, 2.75) is 41.0 Å². The number of rotatable bonds is 6. The Morgan fingerprint density at radius 1 is 1.05 bits per heavy atom. The third-order valence-corrected chi connectivity index (χ3v) is 3.51. The number of benzene rings is 1. The van der Waals surface area contributed by atoms with Crippen LogP contribution in [-0.4, -0.2) is 16.5 Å². The highest BCUT2D eigenvalue weighted by Crippen LogP contribution is 2.21. The molecule has 0 amide bonds. The Morgan fingerprint density at radius 2 is 1.82 bits per heavy atom. The minimum atomic E-state index is 0.671. The van der Waals surface area contributed by atoms with Gasteiger partial charge in [-0.15, -0.1) is 0 Å². The second-order valence-electron chi connectivity index (χ2n) is 6.27. The van der Waals surface area contributed by atoms with Crippen molar-refractivity contribution >= 4 is 17.5 Å². The first kappa shape index (κ1) is 16.3. The van der Waals surface area contributed by atoms with Crippen LogP contribution in [0.5, 0.6) is 0 Å². The summed E-state index contributed by atoms with van der Waals surface area (Å²) in [7, 11) is 0. The minimum Gasteiger partial charge on any atom is -0.354 e. The lowest BCUT2D eigenvalue weighted by atomic mass is 10.1. The van der Waals surface area contributed by atoms with Crippen LogP contribution in [0, 0.1) is 26.7 Å². The largest absolute Gasteiger partial charge is 0.354 e. The molecule has 4 nitrogen and oxygen atoms in total. The number of nitrogens with zero attached hydrogens (tertiary/aromatic N) is 2. The highest BCUT2D eigenvalue weighted by Gasteiger charge is 2.05. The highest BCUT2D eigenvalue weighted by atomic mass is 15.1. The van der Waals surface area contributed by atoms with Gasteiger partial charge in [-0.2, -0.15) is 4.98 Å². The zero-order chi connectivity index (χ0) is 16.1. The van der Waals surface area contributed by atoms with Gasteiger partial charge in [0.15, 0.2) is 0 Å². The summed E-state index contributed by atoms with van der Waals surface area (Å²) in [5.74, 6) is 2.19. The van der Waals surface area contributed by atoms with Crippen LogP contribution in [0.25, 0.3) is 0 Å². The monoisotopic (exact) mass is 298 g/mol. The molecule has 0 aliphatic carbocycles. The van der Waals surface area contributed by atoms with E-state index in [0.717, 1.165) is 30.2 Å². The number of aromatic nitrogens is 2. The molecule has 1 aromatic carbocycles. The van der Waals surface area contributed by atoms with Crippen LogP contribution in [-0.2, 0) is 0 Å². The molecule has 118 valence electrons. The molecular formula is C18H26N4. The number of aryl methyl sites for hydroxylation is 3. The van der Waals surface area contributed by atoms with Crippen molar-refractivity contribution in [1.29, 1.82) is 0 Å². The van der Waals surface area contributed by atoms with Crippen LogP contribution in [0.4, 0.5) is 17.5 Å². The van der Waals surface area contributed by atoms with Crippen molar-refractivity contribution in [1.82, 2.24) is 9.97 Å². The second-order valence-corrected chi connectivity index (χ2v) is 6.27. The predicted molar refractivity (Wildman–Crippen MR) is 93.9 cm³/mol. The number of anilines is 3. The Morgan fingerprint density at radius 3 is 2.55 bits per heavy atom. The summed E-state index contributed by atoms with van der Waals surface area (Å²) in [6, 6.07) is 8.34. The van der Waals surface area contributed by atoms with Crippen molar-refractivity contribution in [3.8, 4) is 0 Å². The summed E-state index contributed by atoms with van der Waals surface area (Å²) >= 11 is 0. The first-order chi connectivity index (χ1) is 10.4. The zero-order valence-corrected chi connectivity index (χ0v) is 14.2. The first-order valence-electron chi connectivity index (χ1n) is 7.88. The normalized spacial score (nSPS) is 10.8. The molecular weight excluding hydrogens is 272 g/mol. The van der Waals surface area contributed by atoms with Crippen LogP contribution in [0.3, 0.4) is 0 Å². The quantitative estimate of drug-likeness (QED) is 0.818. The van der Waals surface area contributed by atoms with Crippen LogP contribution in [0.15, 0.2) is 24.3 Å². The van der Waals surface area contributed by atoms with E-state index in [2.05, 4.69) is 66.5 Å². The fraction of sp³-hybridized carbons (Fsp3) is 0.444. The van der Waals surface area contributed by atoms with Crippen LogP contribution < -0.4 is 10.6 Å². The third kappa shape index (κ3) is 4.72. The van der Waals surface area contributed by atoms with Gasteiger partial charge in [0.25, 0.3) is 0 Å². The molecule has 0 unspecified atom stereocenters. The van der Waals surface area contributed by atoms with Gasteiger partial charge in [-0.1, -0.05) is 26.0 Å². The average Bonchev–Trinajstić information content (AvgIpc) is 2.42. The van der Waals surface area contributed by atoms with Gasteiger partial charge in [-0.3, -0.25) is 0 Å². The van der Waals surface area contributed by atoms with E-state index < -0.39 is 0 Å². The Labute approximate surface area is 133 Å². The average molecular weight is 298 g/mol. The van der Waals surface area contributed by atoms with E-state index in [4.69, 9.17) is 0 Å². The van der Waals surface area contributed by atoms with Gasteiger partial charge in [0.2, 0.25) is 5.95 Å². The molecule has 2 N–H and O–H groups in total. The molecule has 0 aliphatic rings. The fourth-order valence-corrected chi connectivity index (χ4v) is 2.19. The van der Waals surface area contributed by atoms with E-state index >= 15 is 0 Å². The maximum Gasteiger partial charge on any atom is 0.224 e. The SMILES string of the molecule is Cc1ccc(C)c(Nc2cc(C)nc(NCCC(C)C)n2)c1. The molecule has 1 aromatic heterocycles. The highest BCUT2D eigenvalue weighted by molar-refractivity contribution is 5.62. The van der Waals surface area contributed by atoms with Crippen molar-refractivity contribution in [2.24, 2.45) is 5.92 Å². The van der Waals surface area contributed by atoms with Crippen LogP contribution in [0.1, 0.15) is 37.1 Å². The smallest absolute Gasteiger partial charge is 0.224 e. The summed E-state index contributed by atoms with van der Waals surface area (Å²) in [5, 5.41) is 6.71. The lowest BCUT2D eigenvalue weighted by Gasteiger charge is -2.12. The number of nitrogens with one attached hydrogen (secondary N) is 2. The summed E-state index contributed by atoms with van der Waals surface area (Å²) in [5.41, 5.74) is 4.48. The molecule has 0 spiro atoms. The van der Waals surface area contributed by atoms with E-state index in [1.165, 1.54) is 11.1 Å². The molecule has 0 atom stereocenters. The summed E-state index contributed by atoms with van der Waals surface area (Å²) in [6.45, 7) is 11.5. The molecule has 1 heterocycles. The fourth-order valence-electron chi connectivity index (χ4n) is 2.19. The van der Waals surface area contributed by atoms with Gasteiger partial charge >= 0.3 is 0 Å². The van der Waals surface area contributed by atoms with Gasteiger partial charge < -0.3 is 10.6 Å². The second kappa shape index (κ2) is 7.25. The Bertz CT molecular complexity index is 635. The van der Waals surface area contributed by atoms with E-state index in [0.29, 0.717) is 11.9 Å². The lowest BCUT2D eigenvalue weighted by Crippen LogP contribution is -2.09. The van der Waals surface area contributed by atoms with E-state index in [9.17, 15) is 0 Å². The summed E-state index contributed by atoms with van der Waals surface area (Å²) in [6.07, 6.45) is 1.11. The molecule has 0 fully saturated rings. The van der Waals surface area contributed by atoms with E-state index in [1.54, 1.807) is 0 Å².